The Hall–Kier alpha value is -1.02. The molecule has 3 heteroatoms. The van der Waals surface area contributed by atoms with Crippen molar-refractivity contribution in [2.24, 2.45) is 0 Å². The normalized spacial score (nSPS) is 14.8. The number of carbonyl (C=O) groups is 1. The lowest BCUT2D eigenvalue weighted by Gasteiger charge is -2.22. The van der Waals surface area contributed by atoms with Crippen LogP contribution in [0.2, 0.25) is 0 Å². The number of aryl methyl sites for hydroxylation is 2. The molecule has 2 rings (SSSR count). The molecule has 0 N–H and O–H groups in total. The van der Waals surface area contributed by atoms with Crippen LogP contribution >= 0.6 is 11.6 Å². The van der Waals surface area contributed by atoms with Gasteiger partial charge in [-0.2, -0.15) is 0 Å². The number of alkyl halides is 1. The van der Waals surface area contributed by atoms with E-state index < -0.39 is 0 Å². The smallest absolute Gasteiger partial charge is 0.254 e. The van der Waals surface area contributed by atoms with E-state index in [1.54, 1.807) is 0 Å². The number of amides is 1. The van der Waals surface area contributed by atoms with Crippen LogP contribution in [0.25, 0.3) is 0 Å². The van der Waals surface area contributed by atoms with Crippen LogP contribution < -0.4 is 0 Å². The summed E-state index contributed by atoms with van der Waals surface area (Å²) in [5.74, 6) is 0.637. The first-order valence-corrected chi connectivity index (χ1v) is 6.61. The molecule has 0 spiro atoms. The number of carbonyl (C=O) groups excluding carboxylic acids is 1. The molecular formula is C14H18ClNO. The van der Waals surface area contributed by atoms with Crippen LogP contribution in [0.1, 0.15) is 34.3 Å². The van der Waals surface area contributed by atoms with E-state index in [4.69, 9.17) is 11.6 Å². The Bertz CT molecular complexity index is 426. The molecule has 0 atom stereocenters. The molecule has 1 amide bonds. The highest BCUT2D eigenvalue weighted by Gasteiger charge is 2.32. The van der Waals surface area contributed by atoms with Crippen molar-refractivity contribution in [3.05, 3.63) is 34.9 Å². The van der Waals surface area contributed by atoms with Crippen molar-refractivity contribution in [1.29, 1.82) is 0 Å². The lowest BCUT2D eigenvalue weighted by molar-refractivity contribution is 0.0753. The molecule has 0 heterocycles. The van der Waals surface area contributed by atoms with Gasteiger partial charge in [0.15, 0.2) is 0 Å². The summed E-state index contributed by atoms with van der Waals surface area (Å²) in [7, 11) is 0. The third-order valence-electron chi connectivity index (χ3n) is 3.19. The van der Waals surface area contributed by atoms with Crippen molar-refractivity contribution in [3.8, 4) is 0 Å². The van der Waals surface area contributed by atoms with Gasteiger partial charge < -0.3 is 4.90 Å². The SMILES string of the molecule is Cc1ccc(C(=O)N(CCCl)C2CC2)c(C)c1. The van der Waals surface area contributed by atoms with Crippen molar-refractivity contribution in [2.75, 3.05) is 12.4 Å². The molecule has 1 aromatic carbocycles. The quantitative estimate of drug-likeness (QED) is 0.753. The molecule has 17 heavy (non-hydrogen) atoms. The minimum absolute atomic E-state index is 0.130. The van der Waals surface area contributed by atoms with Gasteiger partial charge in [-0.1, -0.05) is 17.7 Å². The van der Waals surface area contributed by atoms with Gasteiger partial charge in [-0.15, -0.1) is 11.6 Å². The Labute approximate surface area is 108 Å². The maximum atomic E-state index is 12.4. The van der Waals surface area contributed by atoms with E-state index in [1.165, 1.54) is 5.56 Å². The zero-order chi connectivity index (χ0) is 12.4. The first kappa shape index (κ1) is 12.4. The van der Waals surface area contributed by atoms with Crippen LogP contribution in [0, 0.1) is 13.8 Å². The second-order valence-electron chi connectivity index (χ2n) is 4.74. The fourth-order valence-corrected chi connectivity index (χ4v) is 2.32. The van der Waals surface area contributed by atoms with Gasteiger partial charge in [0.1, 0.15) is 0 Å². The van der Waals surface area contributed by atoms with Gasteiger partial charge in [-0.05, 0) is 38.3 Å². The number of rotatable bonds is 4. The van der Waals surface area contributed by atoms with E-state index in [9.17, 15) is 4.79 Å². The molecule has 92 valence electrons. The van der Waals surface area contributed by atoms with E-state index in [0.29, 0.717) is 18.5 Å². The fourth-order valence-electron chi connectivity index (χ4n) is 2.14. The largest absolute Gasteiger partial charge is 0.334 e. The summed E-state index contributed by atoms with van der Waals surface area (Å²) < 4.78 is 0. The number of halogens is 1. The highest BCUT2D eigenvalue weighted by atomic mass is 35.5. The topological polar surface area (TPSA) is 20.3 Å². The molecule has 1 fully saturated rings. The first-order chi connectivity index (χ1) is 8.13. The molecule has 1 saturated carbocycles. The average molecular weight is 252 g/mol. The minimum atomic E-state index is 0.130. The summed E-state index contributed by atoms with van der Waals surface area (Å²) in [6.07, 6.45) is 2.24. The van der Waals surface area contributed by atoms with E-state index in [1.807, 2.05) is 30.9 Å². The van der Waals surface area contributed by atoms with Gasteiger partial charge in [0, 0.05) is 24.0 Å². The van der Waals surface area contributed by atoms with E-state index >= 15 is 0 Å². The zero-order valence-corrected chi connectivity index (χ0v) is 11.1. The van der Waals surface area contributed by atoms with Crippen molar-refractivity contribution in [1.82, 2.24) is 4.90 Å². The van der Waals surface area contributed by atoms with Gasteiger partial charge in [-0.3, -0.25) is 4.79 Å². The summed E-state index contributed by atoms with van der Waals surface area (Å²) >= 11 is 5.77. The van der Waals surface area contributed by atoms with Crippen LogP contribution in [-0.4, -0.2) is 29.3 Å². The first-order valence-electron chi connectivity index (χ1n) is 6.07. The van der Waals surface area contributed by atoms with E-state index in [2.05, 4.69) is 6.07 Å². The van der Waals surface area contributed by atoms with Gasteiger partial charge in [-0.25, -0.2) is 0 Å². The van der Waals surface area contributed by atoms with Crippen molar-refractivity contribution >= 4 is 17.5 Å². The van der Waals surface area contributed by atoms with Crippen LogP contribution in [0.15, 0.2) is 18.2 Å². The molecule has 1 aliphatic rings. The summed E-state index contributed by atoms with van der Waals surface area (Å²) in [6, 6.07) is 6.39. The number of hydrogen-bond donors (Lipinski definition) is 0. The molecule has 1 aromatic rings. The number of benzene rings is 1. The summed E-state index contributed by atoms with van der Waals surface area (Å²) in [6.45, 7) is 4.68. The summed E-state index contributed by atoms with van der Waals surface area (Å²) in [4.78, 5) is 14.3. The van der Waals surface area contributed by atoms with Gasteiger partial charge in [0.2, 0.25) is 0 Å². The Morgan fingerprint density at radius 2 is 2.12 bits per heavy atom. The van der Waals surface area contributed by atoms with Gasteiger partial charge in [0.25, 0.3) is 5.91 Å². The minimum Gasteiger partial charge on any atom is -0.334 e. The molecule has 1 aliphatic carbocycles. The third-order valence-corrected chi connectivity index (χ3v) is 3.36. The molecule has 0 saturated heterocycles. The Balaban J connectivity index is 2.22. The van der Waals surface area contributed by atoms with Gasteiger partial charge >= 0.3 is 0 Å². The Morgan fingerprint density at radius 1 is 1.41 bits per heavy atom. The second kappa shape index (κ2) is 5.09. The van der Waals surface area contributed by atoms with Crippen LogP contribution in [-0.2, 0) is 0 Å². The lowest BCUT2D eigenvalue weighted by atomic mass is 10.0. The van der Waals surface area contributed by atoms with Crippen LogP contribution in [0.5, 0.6) is 0 Å². The van der Waals surface area contributed by atoms with E-state index in [-0.39, 0.29) is 5.91 Å². The van der Waals surface area contributed by atoms with Crippen LogP contribution in [0.4, 0.5) is 0 Å². The second-order valence-corrected chi connectivity index (χ2v) is 5.12. The zero-order valence-electron chi connectivity index (χ0n) is 10.4. The maximum Gasteiger partial charge on any atom is 0.254 e. The molecule has 0 bridgehead atoms. The molecular weight excluding hydrogens is 234 g/mol. The van der Waals surface area contributed by atoms with Crippen LogP contribution in [0.3, 0.4) is 0 Å². The fraction of sp³-hybridized carbons (Fsp3) is 0.500. The number of nitrogens with zero attached hydrogens (tertiary/aromatic N) is 1. The highest BCUT2D eigenvalue weighted by molar-refractivity contribution is 6.18. The van der Waals surface area contributed by atoms with Crippen molar-refractivity contribution < 1.29 is 4.79 Å². The van der Waals surface area contributed by atoms with Crippen molar-refractivity contribution in [3.63, 3.8) is 0 Å². The predicted octanol–water partition coefficient (Wildman–Crippen LogP) is 3.15. The van der Waals surface area contributed by atoms with Gasteiger partial charge in [0.05, 0.1) is 0 Å². The maximum absolute atomic E-state index is 12.4. The standard InChI is InChI=1S/C14H18ClNO/c1-10-3-6-13(11(2)9-10)14(17)16(8-7-15)12-4-5-12/h3,6,9,12H,4-5,7-8H2,1-2H3. The van der Waals surface area contributed by atoms with E-state index in [0.717, 1.165) is 24.0 Å². The highest BCUT2D eigenvalue weighted by Crippen LogP contribution is 2.28. The summed E-state index contributed by atoms with van der Waals surface area (Å²) in [5, 5.41) is 0. The Morgan fingerprint density at radius 3 is 2.65 bits per heavy atom. The molecule has 0 radical (unpaired) electrons. The number of hydrogen-bond acceptors (Lipinski definition) is 1. The third kappa shape index (κ3) is 2.81. The lowest BCUT2D eigenvalue weighted by Crippen LogP contribution is -2.35. The average Bonchev–Trinajstić information content (AvgIpc) is 3.09. The monoisotopic (exact) mass is 251 g/mol. The van der Waals surface area contributed by atoms with Crippen molar-refractivity contribution in [2.45, 2.75) is 32.7 Å². The molecule has 0 unspecified atom stereocenters. The Kier molecular flexibility index (Phi) is 3.72. The summed E-state index contributed by atoms with van der Waals surface area (Å²) in [5.41, 5.74) is 3.05. The molecule has 0 aromatic heterocycles. The molecule has 0 aliphatic heterocycles. The predicted molar refractivity (Wildman–Crippen MR) is 70.7 cm³/mol. The molecule has 2 nitrogen and oxygen atoms in total.